The van der Waals surface area contributed by atoms with Gasteiger partial charge in [-0.15, -0.1) is 4.57 Å². The van der Waals surface area contributed by atoms with Gasteiger partial charge < -0.3 is 19.4 Å². The highest BCUT2D eigenvalue weighted by Gasteiger charge is 2.17. The van der Waals surface area contributed by atoms with Crippen LogP contribution in [0.5, 0.6) is 5.75 Å². The molecule has 0 aliphatic rings. The van der Waals surface area contributed by atoms with Gasteiger partial charge in [0.25, 0.3) is 0 Å². The fourth-order valence-corrected chi connectivity index (χ4v) is 2.22. The van der Waals surface area contributed by atoms with E-state index >= 15 is 0 Å². The molecule has 0 saturated heterocycles. The van der Waals surface area contributed by atoms with E-state index in [-0.39, 0.29) is 11.5 Å². The minimum atomic E-state index is -1.07. The van der Waals surface area contributed by atoms with Crippen molar-refractivity contribution in [3.63, 3.8) is 0 Å². The second-order valence-electron chi connectivity index (χ2n) is 4.40. The zero-order valence-corrected chi connectivity index (χ0v) is 10.7. The summed E-state index contributed by atoms with van der Waals surface area (Å²) in [6.07, 6.45) is 0.559. The van der Waals surface area contributed by atoms with Crippen molar-refractivity contribution in [3.05, 3.63) is 44.6 Å². The molecule has 0 unspecified atom stereocenters. The number of rotatable bonds is 3. The summed E-state index contributed by atoms with van der Waals surface area (Å²) in [6, 6.07) is 4.62. The van der Waals surface area contributed by atoms with Crippen LogP contribution in [0, 0.1) is 0 Å². The van der Waals surface area contributed by atoms with Crippen LogP contribution in [-0.2, 0) is 6.42 Å². The van der Waals surface area contributed by atoms with E-state index in [0.717, 1.165) is 0 Å². The van der Waals surface area contributed by atoms with Crippen molar-refractivity contribution >= 4 is 16.6 Å². The molecule has 0 spiro atoms. The highest BCUT2D eigenvalue weighted by Crippen LogP contribution is 2.28. The summed E-state index contributed by atoms with van der Waals surface area (Å²) in [7, 11) is 1.80. The van der Waals surface area contributed by atoms with Crippen molar-refractivity contribution in [2.45, 2.75) is 6.42 Å². The summed E-state index contributed by atoms with van der Waals surface area (Å²) in [5.41, 5.74) is -0.667. The average molecular weight is 276 g/mol. The van der Waals surface area contributed by atoms with E-state index < -0.39 is 11.3 Å². The van der Waals surface area contributed by atoms with E-state index in [4.69, 9.17) is 8.94 Å². The molecule has 7 nitrogen and oxygen atoms in total. The van der Waals surface area contributed by atoms with Crippen LogP contribution in [0.2, 0.25) is 0 Å². The maximum atomic E-state index is 11.4. The molecular weight excluding hydrogens is 264 g/mol. The lowest BCUT2D eigenvalue weighted by atomic mass is 10.1. The van der Waals surface area contributed by atoms with E-state index in [2.05, 4.69) is 5.32 Å². The molecule has 2 heterocycles. The summed E-state index contributed by atoms with van der Waals surface area (Å²) in [5, 5.41) is 13.3. The molecule has 2 N–H and O–H groups in total. The largest absolute Gasteiger partial charge is 0.508 e. The van der Waals surface area contributed by atoms with Crippen LogP contribution in [0.25, 0.3) is 16.6 Å². The predicted octanol–water partition coefficient (Wildman–Crippen LogP) is 0.466. The normalized spacial score (nSPS) is 11.4. The van der Waals surface area contributed by atoms with Gasteiger partial charge in [-0.05, 0) is 38.2 Å². The van der Waals surface area contributed by atoms with Crippen molar-refractivity contribution in [2.75, 3.05) is 13.6 Å². The molecule has 1 aromatic carbocycles. The quantitative estimate of drug-likeness (QED) is 0.675. The highest BCUT2D eigenvalue weighted by molar-refractivity contribution is 5.90. The van der Waals surface area contributed by atoms with Gasteiger partial charge in [0.05, 0.1) is 5.52 Å². The van der Waals surface area contributed by atoms with E-state index in [1.54, 1.807) is 19.2 Å². The molecule has 0 aliphatic carbocycles. The van der Waals surface area contributed by atoms with Crippen molar-refractivity contribution in [3.8, 4) is 5.75 Å². The molecule has 0 atom stereocenters. The van der Waals surface area contributed by atoms with Crippen molar-refractivity contribution in [1.82, 2.24) is 9.89 Å². The number of likely N-dealkylation sites (N-methyl/N-ethyl adjacent to an activating group) is 1. The Morgan fingerprint density at radius 3 is 2.85 bits per heavy atom. The summed E-state index contributed by atoms with van der Waals surface area (Å²) in [6.45, 7) is 0.646. The number of benzene rings is 1. The lowest BCUT2D eigenvalue weighted by Gasteiger charge is -1.98. The van der Waals surface area contributed by atoms with Gasteiger partial charge in [-0.1, -0.05) is 0 Å². The molecule has 0 radical (unpaired) electrons. The number of aromatic nitrogens is 1. The Morgan fingerprint density at radius 1 is 1.30 bits per heavy atom. The number of phenolic OH excluding ortho intramolecular Hbond substituents is 1. The Balaban J connectivity index is 2.45. The van der Waals surface area contributed by atoms with Crippen LogP contribution < -0.4 is 16.6 Å². The van der Waals surface area contributed by atoms with Crippen LogP contribution in [0.1, 0.15) is 5.56 Å². The third-order valence-corrected chi connectivity index (χ3v) is 3.12. The average Bonchev–Trinajstić information content (AvgIpc) is 2.70. The Hall–Kier alpha value is -2.54. The summed E-state index contributed by atoms with van der Waals surface area (Å²) in [4.78, 5) is 22.7. The number of aromatic hydroxyl groups is 1. The van der Waals surface area contributed by atoms with Gasteiger partial charge in [-0.2, -0.15) is 0 Å². The van der Waals surface area contributed by atoms with Crippen molar-refractivity contribution < 1.29 is 14.0 Å². The molecule has 0 aliphatic heterocycles. The predicted molar refractivity (Wildman–Crippen MR) is 71.3 cm³/mol. The molecular formula is C13H12N2O5. The van der Waals surface area contributed by atoms with Crippen LogP contribution >= 0.6 is 0 Å². The highest BCUT2D eigenvalue weighted by atomic mass is 16.5. The number of hydrogen-bond acceptors (Lipinski definition) is 6. The van der Waals surface area contributed by atoms with E-state index in [1.165, 1.54) is 10.6 Å². The lowest BCUT2D eigenvalue weighted by molar-refractivity contribution is 0.286. The zero-order valence-electron chi connectivity index (χ0n) is 10.7. The SMILES string of the molecule is CNCCc1c2cc(O)ccc2n2oc(=O)c(=O)oc12. The van der Waals surface area contributed by atoms with Gasteiger partial charge in [0.15, 0.2) is 0 Å². The number of phenols is 1. The van der Waals surface area contributed by atoms with Gasteiger partial charge in [0.2, 0.25) is 5.71 Å². The third-order valence-electron chi connectivity index (χ3n) is 3.12. The smallest absolute Gasteiger partial charge is 0.442 e. The molecule has 0 saturated carbocycles. The Kier molecular flexibility index (Phi) is 2.83. The molecule has 3 rings (SSSR count). The third kappa shape index (κ3) is 1.79. The molecule has 3 aromatic rings. The van der Waals surface area contributed by atoms with E-state index in [9.17, 15) is 14.7 Å². The first kappa shape index (κ1) is 12.5. The maximum Gasteiger partial charge on any atom is 0.442 e. The van der Waals surface area contributed by atoms with Gasteiger partial charge in [-0.25, -0.2) is 9.59 Å². The first-order valence-electron chi connectivity index (χ1n) is 6.07. The van der Waals surface area contributed by atoms with Crippen LogP contribution in [0.4, 0.5) is 0 Å². The second kappa shape index (κ2) is 4.53. The maximum absolute atomic E-state index is 11.4. The minimum Gasteiger partial charge on any atom is -0.508 e. The lowest BCUT2D eigenvalue weighted by Crippen LogP contribution is -2.23. The summed E-state index contributed by atoms with van der Waals surface area (Å²) in [5.74, 6) is 0.0869. The Bertz CT molecular complexity index is 903. The molecule has 0 fully saturated rings. The molecule has 20 heavy (non-hydrogen) atoms. The summed E-state index contributed by atoms with van der Waals surface area (Å²) >= 11 is 0. The Labute approximate surface area is 112 Å². The first-order chi connectivity index (χ1) is 9.61. The standard InChI is InChI=1S/C13H12N2O5/c1-14-5-4-8-9-6-7(16)2-3-10(9)15-11(8)19-12(17)13(18)20-15/h2-3,6,14,16H,4-5H2,1H3. The fourth-order valence-electron chi connectivity index (χ4n) is 2.22. The fraction of sp³-hybridized carbons (Fsp3) is 0.231. The van der Waals surface area contributed by atoms with E-state index in [0.29, 0.717) is 29.4 Å². The number of hydrogen-bond donors (Lipinski definition) is 2. The Morgan fingerprint density at radius 2 is 2.10 bits per heavy atom. The minimum absolute atomic E-state index is 0.0869. The van der Waals surface area contributed by atoms with Gasteiger partial charge in [0, 0.05) is 10.9 Å². The number of nitrogens with zero attached hydrogens (tertiary/aromatic N) is 1. The monoisotopic (exact) mass is 276 g/mol. The van der Waals surface area contributed by atoms with Gasteiger partial charge >= 0.3 is 11.3 Å². The van der Waals surface area contributed by atoms with Crippen LogP contribution in [0.15, 0.2) is 36.7 Å². The first-order valence-corrected chi connectivity index (χ1v) is 6.07. The zero-order chi connectivity index (χ0) is 14.3. The van der Waals surface area contributed by atoms with Crippen molar-refractivity contribution in [2.24, 2.45) is 0 Å². The van der Waals surface area contributed by atoms with Gasteiger partial charge in [0.1, 0.15) is 5.75 Å². The second-order valence-corrected chi connectivity index (χ2v) is 4.40. The summed E-state index contributed by atoms with van der Waals surface area (Å²) < 4.78 is 11.2. The topological polar surface area (TPSA) is 97.1 Å². The van der Waals surface area contributed by atoms with Gasteiger partial charge in [-0.3, -0.25) is 0 Å². The van der Waals surface area contributed by atoms with Crippen LogP contribution in [-0.4, -0.2) is 23.3 Å². The van der Waals surface area contributed by atoms with Crippen molar-refractivity contribution in [1.29, 1.82) is 0 Å². The molecule has 2 aromatic heterocycles. The van der Waals surface area contributed by atoms with Crippen LogP contribution in [0.3, 0.4) is 0 Å². The number of fused-ring (bicyclic) bond motifs is 3. The molecule has 0 bridgehead atoms. The molecule has 0 amide bonds. The molecule has 7 heteroatoms. The van der Waals surface area contributed by atoms with E-state index in [1.807, 2.05) is 0 Å². The number of nitrogens with one attached hydrogen (secondary N) is 1. The molecule has 104 valence electrons.